The molecule has 1 aromatic heterocycles. The second-order valence-electron chi connectivity index (χ2n) is 6.87. The highest BCUT2D eigenvalue weighted by atomic mass is 19.4. The molecule has 4 nitrogen and oxygen atoms in total. The van der Waals surface area contributed by atoms with Crippen LogP contribution in [-0.4, -0.2) is 12.1 Å². The minimum absolute atomic E-state index is 0.105. The number of benzene rings is 2. The topological polar surface area (TPSA) is 54.6 Å². The van der Waals surface area contributed by atoms with E-state index in [4.69, 9.17) is 4.42 Å². The van der Waals surface area contributed by atoms with Gasteiger partial charge in [0, 0.05) is 11.5 Å². The van der Waals surface area contributed by atoms with E-state index in [1.54, 1.807) is 12.1 Å². The lowest BCUT2D eigenvalue weighted by Gasteiger charge is -2.07. The number of rotatable bonds is 5. The van der Waals surface area contributed by atoms with Crippen LogP contribution in [0.2, 0.25) is 0 Å². The van der Waals surface area contributed by atoms with Crippen LogP contribution >= 0.6 is 0 Å². The van der Waals surface area contributed by atoms with Crippen LogP contribution in [-0.2, 0) is 11.0 Å². The van der Waals surface area contributed by atoms with Gasteiger partial charge in [-0.3, -0.25) is 4.79 Å². The quantitative estimate of drug-likeness (QED) is 0.473. The van der Waals surface area contributed by atoms with Crippen molar-refractivity contribution in [3.63, 3.8) is 0 Å². The number of halogens is 3. The van der Waals surface area contributed by atoms with Gasteiger partial charge in [-0.15, -0.1) is 0 Å². The Bertz CT molecular complexity index is 1040. The second-order valence-corrected chi connectivity index (χ2v) is 6.87. The third kappa shape index (κ3) is 4.39. The molecule has 7 heteroatoms. The number of nitrogens with zero attached hydrogens (tertiary/aromatic N) is 1. The van der Waals surface area contributed by atoms with E-state index in [1.165, 1.54) is 18.3 Å². The molecule has 0 radical (unpaired) electrons. The van der Waals surface area contributed by atoms with Crippen molar-refractivity contribution >= 4 is 12.1 Å². The summed E-state index contributed by atoms with van der Waals surface area (Å²) in [6, 6.07) is 17.9. The molecule has 3 aromatic rings. The Kier molecular flexibility index (Phi) is 4.96. The summed E-state index contributed by atoms with van der Waals surface area (Å²) in [5, 5.41) is 3.90. The summed E-state index contributed by atoms with van der Waals surface area (Å²) >= 11 is 0. The van der Waals surface area contributed by atoms with Gasteiger partial charge in [-0.1, -0.05) is 42.5 Å². The van der Waals surface area contributed by atoms with E-state index in [2.05, 4.69) is 10.5 Å². The SMILES string of the molecule is O=C(N/N=C/c1ccc(-c2cccc(C(F)(F)F)c2)o1)[C@@H]1C[C@H]1c1ccccc1. The molecule has 0 bridgehead atoms. The van der Waals surface area contributed by atoms with Gasteiger partial charge < -0.3 is 4.42 Å². The standard InChI is InChI=1S/C22H17F3N2O2/c23-22(24,25)16-8-4-7-15(11-16)20-10-9-17(29-20)13-26-27-21(28)19-12-18(19)14-5-2-1-3-6-14/h1-11,13,18-19H,12H2,(H,27,28)/b26-13+/t18-,19+/m0/s1. The Morgan fingerprint density at radius 2 is 1.86 bits per heavy atom. The number of hydrogen-bond acceptors (Lipinski definition) is 3. The van der Waals surface area contributed by atoms with Gasteiger partial charge in [0.1, 0.15) is 11.5 Å². The van der Waals surface area contributed by atoms with E-state index in [9.17, 15) is 18.0 Å². The highest BCUT2D eigenvalue weighted by Crippen LogP contribution is 2.47. The molecule has 0 aliphatic heterocycles. The van der Waals surface area contributed by atoms with E-state index < -0.39 is 11.7 Å². The lowest BCUT2D eigenvalue weighted by atomic mass is 10.1. The van der Waals surface area contributed by atoms with Gasteiger partial charge in [0.2, 0.25) is 5.91 Å². The zero-order chi connectivity index (χ0) is 20.4. The molecule has 1 fully saturated rings. The monoisotopic (exact) mass is 398 g/mol. The van der Waals surface area contributed by atoms with Crippen LogP contribution < -0.4 is 5.43 Å². The Morgan fingerprint density at radius 3 is 2.62 bits per heavy atom. The fourth-order valence-corrected chi connectivity index (χ4v) is 3.22. The molecule has 4 rings (SSSR count). The third-order valence-electron chi connectivity index (χ3n) is 4.82. The van der Waals surface area contributed by atoms with Crippen molar-refractivity contribution in [3.05, 3.63) is 83.6 Å². The molecule has 1 amide bonds. The first-order valence-electron chi connectivity index (χ1n) is 9.07. The maximum atomic E-state index is 12.8. The summed E-state index contributed by atoms with van der Waals surface area (Å²) in [5.74, 6) is 0.553. The van der Waals surface area contributed by atoms with E-state index in [0.29, 0.717) is 11.3 Å². The highest BCUT2D eigenvalue weighted by molar-refractivity contribution is 5.85. The fourth-order valence-electron chi connectivity index (χ4n) is 3.22. The molecule has 1 N–H and O–H groups in total. The van der Waals surface area contributed by atoms with Gasteiger partial charge in [-0.05, 0) is 42.2 Å². The maximum Gasteiger partial charge on any atom is 0.416 e. The zero-order valence-electron chi connectivity index (χ0n) is 15.2. The summed E-state index contributed by atoms with van der Waals surface area (Å²) in [7, 11) is 0. The second kappa shape index (κ2) is 7.58. The molecular weight excluding hydrogens is 381 g/mol. The van der Waals surface area contributed by atoms with Crippen molar-refractivity contribution in [2.75, 3.05) is 0 Å². The van der Waals surface area contributed by atoms with Crippen LogP contribution in [0.25, 0.3) is 11.3 Å². The summed E-state index contributed by atoms with van der Waals surface area (Å²) in [5.41, 5.74) is 3.19. The van der Waals surface area contributed by atoms with Crippen LogP contribution in [0.4, 0.5) is 13.2 Å². The fraction of sp³-hybridized carbons (Fsp3) is 0.182. The molecule has 2 aromatic carbocycles. The van der Waals surface area contributed by atoms with Gasteiger partial charge in [0.25, 0.3) is 0 Å². The van der Waals surface area contributed by atoms with Gasteiger partial charge in [0.15, 0.2) is 0 Å². The Balaban J connectivity index is 1.36. The smallest absolute Gasteiger partial charge is 0.416 e. The summed E-state index contributed by atoms with van der Waals surface area (Å²) < 4.78 is 44.1. The first kappa shape index (κ1) is 19.0. The van der Waals surface area contributed by atoms with Crippen LogP contribution in [0.3, 0.4) is 0 Å². The first-order chi connectivity index (χ1) is 13.9. The predicted molar refractivity (Wildman–Crippen MR) is 102 cm³/mol. The molecule has 1 aliphatic carbocycles. The van der Waals surface area contributed by atoms with Gasteiger partial charge >= 0.3 is 6.18 Å². The Morgan fingerprint density at radius 1 is 1.07 bits per heavy atom. The van der Waals surface area contributed by atoms with Crippen molar-refractivity contribution < 1.29 is 22.4 Å². The number of hydrazone groups is 1. The largest absolute Gasteiger partial charge is 0.455 e. The minimum atomic E-state index is -4.42. The molecular formula is C22H17F3N2O2. The lowest BCUT2D eigenvalue weighted by Crippen LogP contribution is -2.20. The summed E-state index contributed by atoms with van der Waals surface area (Å²) in [4.78, 5) is 12.2. The number of amides is 1. The molecule has 2 atom stereocenters. The van der Waals surface area contributed by atoms with E-state index in [0.717, 1.165) is 24.1 Å². The van der Waals surface area contributed by atoms with Crippen molar-refractivity contribution in [2.24, 2.45) is 11.0 Å². The molecule has 0 spiro atoms. The zero-order valence-corrected chi connectivity index (χ0v) is 15.2. The Labute approximate surface area is 165 Å². The maximum absolute atomic E-state index is 12.8. The van der Waals surface area contributed by atoms with E-state index in [1.807, 2.05) is 30.3 Å². The molecule has 148 valence electrons. The summed E-state index contributed by atoms with van der Waals surface area (Å²) in [6.07, 6.45) is -2.31. The minimum Gasteiger partial charge on any atom is -0.455 e. The molecule has 1 saturated carbocycles. The van der Waals surface area contributed by atoms with Crippen LogP contribution in [0.5, 0.6) is 0 Å². The number of furan rings is 1. The van der Waals surface area contributed by atoms with Crippen molar-refractivity contribution in [1.82, 2.24) is 5.43 Å². The number of hydrogen-bond donors (Lipinski definition) is 1. The average molecular weight is 398 g/mol. The van der Waals surface area contributed by atoms with Crippen molar-refractivity contribution in [1.29, 1.82) is 0 Å². The van der Waals surface area contributed by atoms with Gasteiger partial charge in [0.05, 0.1) is 11.8 Å². The van der Waals surface area contributed by atoms with Crippen molar-refractivity contribution in [2.45, 2.75) is 18.5 Å². The van der Waals surface area contributed by atoms with E-state index >= 15 is 0 Å². The predicted octanol–water partition coefficient (Wildman–Crippen LogP) is 5.22. The van der Waals surface area contributed by atoms with Crippen LogP contribution in [0.1, 0.15) is 29.2 Å². The molecule has 1 aliphatic rings. The highest BCUT2D eigenvalue weighted by Gasteiger charge is 2.43. The molecule has 29 heavy (non-hydrogen) atoms. The number of alkyl halides is 3. The third-order valence-corrected chi connectivity index (χ3v) is 4.82. The summed E-state index contributed by atoms with van der Waals surface area (Å²) in [6.45, 7) is 0. The lowest BCUT2D eigenvalue weighted by molar-refractivity contribution is -0.137. The van der Waals surface area contributed by atoms with Crippen LogP contribution in [0, 0.1) is 5.92 Å². The molecule has 0 unspecified atom stereocenters. The molecule has 1 heterocycles. The van der Waals surface area contributed by atoms with Crippen molar-refractivity contribution in [3.8, 4) is 11.3 Å². The van der Waals surface area contributed by atoms with E-state index in [-0.39, 0.29) is 23.5 Å². The first-order valence-corrected chi connectivity index (χ1v) is 9.07. The number of carbonyl (C=O) groups excluding carboxylic acids is 1. The van der Waals surface area contributed by atoms with Gasteiger partial charge in [-0.25, -0.2) is 5.43 Å². The van der Waals surface area contributed by atoms with Gasteiger partial charge in [-0.2, -0.15) is 18.3 Å². The van der Waals surface area contributed by atoms with Crippen LogP contribution in [0.15, 0.2) is 76.2 Å². The number of carbonyl (C=O) groups is 1. The molecule has 0 saturated heterocycles. The Hall–Kier alpha value is -3.35. The normalized spacial score (nSPS) is 18.7. The average Bonchev–Trinajstić information content (AvgIpc) is 3.39. The number of nitrogens with one attached hydrogen (secondary N) is 1.